The molecule has 3 heterocycles. The minimum absolute atomic E-state index is 0.0277. The number of aromatic nitrogens is 2. The van der Waals surface area contributed by atoms with Crippen molar-refractivity contribution in [3.8, 4) is 5.69 Å². The molecular formula is C32H30F4N4O. The fourth-order valence-corrected chi connectivity index (χ4v) is 6.11. The van der Waals surface area contributed by atoms with E-state index in [-0.39, 0.29) is 35.7 Å². The third-order valence-corrected chi connectivity index (χ3v) is 8.34. The van der Waals surface area contributed by atoms with Gasteiger partial charge in [0.25, 0.3) is 5.91 Å². The Morgan fingerprint density at radius 1 is 0.805 bits per heavy atom. The van der Waals surface area contributed by atoms with Gasteiger partial charge in [-0.05, 0) is 68.2 Å². The summed E-state index contributed by atoms with van der Waals surface area (Å²) in [5.74, 6) is -4.01. The quantitative estimate of drug-likeness (QED) is 0.201. The Kier molecular flexibility index (Phi) is 7.62. The van der Waals surface area contributed by atoms with E-state index in [1.807, 2.05) is 28.0 Å². The normalized spacial score (nSPS) is 18.2. The molecule has 0 bridgehead atoms. The third kappa shape index (κ3) is 5.51. The van der Waals surface area contributed by atoms with Crippen molar-refractivity contribution >= 4 is 5.91 Å². The highest BCUT2D eigenvalue weighted by atomic mass is 19.2. The van der Waals surface area contributed by atoms with E-state index in [1.165, 1.54) is 23.8 Å². The summed E-state index contributed by atoms with van der Waals surface area (Å²) < 4.78 is 56.9. The lowest BCUT2D eigenvalue weighted by atomic mass is 9.90. The second-order valence-corrected chi connectivity index (χ2v) is 10.9. The smallest absolute Gasteiger partial charge is 0.257 e. The molecule has 212 valence electrons. The maximum atomic E-state index is 14.3. The van der Waals surface area contributed by atoms with Crippen molar-refractivity contribution in [1.29, 1.82) is 0 Å². The number of hydrogen-bond donors (Lipinski definition) is 0. The number of piperidine rings is 1. The fraction of sp³-hybridized carbons (Fsp3) is 0.312. The molecule has 1 amide bonds. The number of halogens is 4. The van der Waals surface area contributed by atoms with Crippen LogP contribution >= 0.6 is 0 Å². The molecule has 2 aliphatic rings. The number of likely N-dealkylation sites (tertiary alicyclic amines) is 2. The van der Waals surface area contributed by atoms with Gasteiger partial charge in [0.05, 0.1) is 23.1 Å². The lowest BCUT2D eigenvalue weighted by molar-refractivity contribution is 0.0788. The first kappa shape index (κ1) is 27.2. The number of benzene rings is 3. The van der Waals surface area contributed by atoms with Crippen LogP contribution in [-0.4, -0.2) is 51.7 Å². The topological polar surface area (TPSA) is 41.4 Å². The van der Waals surface area contributed by atoms with Gasteiger partial charge in [-0.3, -0.25) is 9.69 Å². The lowest BCUT2D eigenvalue weighted by Crippen LogP contribution is -2.35. The first-order valence-corrected chi connectivity index (χ1v) is 13.9. The van der Waals surface area contributed by atoms with Crippen LogP contribution in [0, 0.1) is 23.3 Å². The van der Waals surface area contributed by atoms with Crippen LogP contribution in [0.25, 0.3) is 5.69 Å². The van der Waals surface area contributed by atoms with Crippen molar-refractivity contribution in [1.82, 2.24) is 19.6 Å². The molecule has 1 aromatic heterocycles. The summed E-state index contributed by atoms with van der Waals surface area (Å²) in [7, 11) is 0. The zero-order chi connectivity index (χ0) is 28.5. The molecular weight excluding hydrogens is 532 g/mol. The first-order chi connectivity index (χ1) is 19.9. The molecule has 2 saturated heterocycles. The van der Waals surface area contributed by atoms with E-state index < -0.39 is 17.5 Å². The molecule has 9 heteroatoms. The van der Waals surface area contributed by atoms with Crippen molar-refractivity contribution in [2.45, 2.75) is 37.6 Å². The molecule has 0 saturated carbocycles. The van der Waals surface area contributed by atoms with Crippen molar-refractivity contribution in [2.24, 2.45) is 0 Å². The monoisotopic (exact) mass is 562 g/mol. The molecule has 5 nitrogen and oxygen atoms in total. The molecule has 0 radical (unpaired) electrons. The predicted octanol–water partition coefficient (Wildman–Crippen LogP) is 6.44. The van der Waals surface area contributed by atoms with Gasteiger partial charge in [-0.2, -0.15) is 5.10 Å². The van der Waals surface area contributed by atoms with Crippen LogP contribution in [0.15, 0.2) is 72.9 Å². The maximum absolute atomic E-state index is 14.3. The molecule has 2 aliphatic heterocycles. The summed E-state index contributed by atoms with van der Waals surface area (Å²) in [6.07, 6.45) is 3.81. The number of carbonyl (C=O) groups is 1. The second kappa shape index (κ2) is 11.5. The molecule has 2 fully saturated rings. The summed E-state index contributed by atoms with van der Waals surface area (Å²) in [5.41, 5.74) is 3.30. The van der Waals surface area contributed by atoms with Crippen molar-refractivity contribution in [3.05, 3.63) is 119 Å². The van der Waals surface area contributed by atoms with Gasteiger partial charge in [0.2, 0.25) is 0 Å². The van der Waals surface area contributed by atoms with E-state index in [1.54, 1.807) is 23.0 Å². The Bertz CT molecular complexity index is 1530. The maximum Gasteiger partial charge on any atom is 0.257 e. The predicted molar refractivity (Wildman–Crippen MR) is 147 cm³/mol. The van der Waals surface area contributed by atoms with Crippen LogP contribution in [0.1, 0.15) is 58.3 Å². The molecule has 6 rings (SSSR count). The minimum Gasteiger partial charge on any atom is -0.338 e. The largest absolute Gasteiger partial charge is 0.338 e. The highest BCUT2D eigenvalue weighted by molar-refractivity contribution is 5.95. The van der Waals surface area contributed by atoms with Gasteiger partial charge < -0.3 is 4.90 Å². The number of carbonyl (C=O) groups excluding carboxylic acids is 1. The number of rotatable bonds is 6. The van der Waals surface area contributed by atoms with Gasteiger partial charge in [-0.15, -0.1) is 0 Å². The second-order valence-electron chi connectivity index (χ2n) is 10.9. The van der Waals surface area contributed by atoms with Crippen molar-refractivity contribution in [3.63, 3.8) is 0 Å². The van der Waals surface area contributed by atoms with Gasteiger partial charge in [0.1, 0.15) is 5.82 Å². The molecule has 0 unspecified atom stereocenters. The average Bonchev–Trinajstić information content (AvgIpc) is 3.67. The van der Waals surface area contributed by atoms with Crippen molar-refractivity contribution in [2.75, 3.05) is 26.2 Å². The number of nitrogens with zero attached hydrogens (tertiary/aromatic N) is 4. The van der Waals surface area contributed by atoms with E-state index in [2.05, 4.69) is 17.2 Å². The molecule has 3 aromatic carbocycles. The third-order valence-electron chi connectivity index (χ3n) is 8.34. The fourth-order valence-electron chi connectivity index (χ4n) is 6.11. The van der Waals surface area contributed by atoms with Crippen molar-refractivity contribution < 1.29 is 22.4 Å². The lowest BCUT2D eigenvalue weighted by Gasteiger charge is -2.33. The highest BCUT2D eigenvalue weighted by Crippen LogP contribution is 2.35. The van der Waals surface area contributed by atoms with Crippen LogP contribution in [-0.2, 0) is 6.54 Å². The zero-order valence-corrected chi connectivity index (χ0v) is 22.4. The number of amides is 1. The van der Waals surface area contributed by atoms with Gasteiger partial charge in [-0.1, -0.05) is 36.4 Å². The molecule has 1 atom stereocenters. The summed E-state index contributed by atoms with van der Waals surface area (Å²) in [5, 5.41) is 4.58. The molecule has 0 N–H and O–H groups in total. The van der Waals surface area contributed by atoms with Crippen LogP contribution in [0.5, 0.6) is 0 Å². The molecule has 4 aromatic rings. The van der Waals surface area contributed by atoms with Gasteiger partial charge in [0.15, 0.2) is 17.5 Å². The van der Waals surface area contributed by atoms with Gasteiger partial charge in [0, 0.05) is 37.0 Å². The molecule has 0 aliphatic carbocycles. The molecule has 0 spiro atoms. The van der Waals surface area contributed by atoms with Gasteiger partial charge in [-0.25, -0.2) is 22.2 Å². The Hall–Kier alpha value is -3.98. The Labute approximate surface area is 236 Å². The summed E-state index contributed by atoms with van der Waals surface area (Å²) >= 11 is 0. The number of hydrogen-bond acceptors (Lipinski definition) is 3. The average molecular weight is 563 g/mol. The first-order valence-electron chi connectivity index (χ1n) is 13.9. The zero-order valence-electron chi connectivity index (χ0n) is 22.4. The highest BCUT2D eigenvalue weighted by Gasteiger charge is 2.34. The van der Waals surface area contributed by atoms with Crippen LogP contribution in [0.2, 0.25) is 0 Å². The van der Waals surface area contributed by atoms with Gasteiger partial charge >= 0.3 is 0 Å². The van der Waals surface area contributed by atoms with E-state index in [9.17, 15) is 22.4 Å². The molecule has 41 heavy (non-hydrogen) atoms. The Morgan fingerprint density at radius 3 is 2.24 bits per heavy atom. The van der Waals surface area contributed by atoms with Crippen LogP contribution in [0.4, 0.5) is 17.6 Å². The Morgan fingerprint density at radius 2 is 1.51 bits per heavy atom. The summed E-state index contributed by atoms with van der Waals surface area (Å²) in [4.78, 5) is 17.8. The van der Waals surface area contributed by atoms with Crippen LogP contribution < -0.4 is 0 Å². The summed E-state index contributed by atoms with van der Waals surface area (Å²) in [6.45, 7) is 2.59. The van der Waals surface area contributed by atoms with E-state index >= 15 is 0 Å². The summed E-state index contributed by atoms with van der Waals surface area (Å²) in [6, 6.07) is 18.4. The minimum atomic E-state index is -1.46. The van der Waals surface area contributed by atoms with E-state index in [0.717, 1.165) is 18.2 Å². The SMILES string of the molecule is O=C(c1cnn(-c2ccc(F)cc2)c1C1CCN(Cc2ccc(F)c(F)c2F)CC1)N1CC[C@H](c2ccccc2)C1. The van der Waals surface area contributed by atoms with Crippen LogP contribution in [0.3, 0.4) is 0 Å². The van der Waals surface area contributed by atoms with E-state index in [0.29, 0.717) is 50.3 Å². The van der Waals surface area contributed by atoms with E-state index in [4.69, 9.17) is 0 Å². The Balaban J connectivity index is 1.23. The standard InChI is InChI=1S/C32H30F4N4O/c33-25-7-9-26(10-8-25)40-31(22-12-15-38(16-13-22)19-24-6-11-28(34)30(36)29(24)35)27(18-37-40)32(41)39-17-14-23(20-39)21-4-2-1-3-5-21/h1-11,18,22-23H,12-17,19-20H2/t23-/m0/s1.